The lowest BCUT2D eigenvalue weighted by Crippen LogP contribution is -2.35. The number of anilines is 2. The zero-order chi connectivity index (χ0) is 14.5. The smallest absolute Gasteiger partial charge is 0.134 e. The summed E-state index contributed by atoms with van der Waals surface area (Å²) < 4.78 is 0. The normalized spacial score (nSPS) is 22.6. The summed E-state index contributed by atoms with van der Waals surface area (Å²) in [6, 6.07) is 2.69. The molecule has 0 amide bonds. The third kappa shape index (κ3) is 3.41. The van der Waals surface area contributed by atoms with E-state index in [-0.39, 0.29) is 0 Å². The molecule has 1 aromatic rings. The van der Waals surface area contributed by atoms with Crippen molar-refractivity contribution in [2.75, 3.05) is 24.3 Å². The highest BCUT2D eigenvalue weighted by molar-refractivity contribution is 5.49. The van der Waals surface area contributed by atoms with Gasteiger partial charge in [0.1, 0.15) is 17.5 Å². The van der Waals surface area contributed by atoms with Crippen LogP contribution in [0, 0.1) is 5.92 Å². The zero-order valence-electron chi connectivity index (χ0n) is 13.3. The SMILES string of the molecule is CCc1nc(NC)cc(N(C)C2CCC(CC)CC2)n1. The Labute approximate surface area is 123 Å². The average molecular weight is 276 g/mol. The molecule has 1 aromatic heterocycles. The number of nitrogens with one attached hydrogen (secondary N) is 1. The van der Waals surface area contributed by atoms with E-state index in [1.54, 1.807) is 0 Å². The minimum absolute atomic E-state index is 0.627. The topological polar surface area (TPSA) is 41.1 Å². The summed E-state index contributed by atoms with van der Waals surface area (Å²) in [5.41, 5.74) is 0. The van der Waals surface area contributed by atoms with Crippen molar-refractivity contribution in [3.63, 3.8) is 0 Å². The minimum Gasteiger partial charge on any atom is -0.373 e. The fraction of sp³-hybridized carbons (Fsp3) is 0.750. The maximum Gasteiger partial charge on any atom is 0.134 e. The van der Waals surface area contributed by atoms with Gasteiger partial charge in [-0.15, -0.1) is 0 Å². The van der Waals surface area contributed by atoms with E-state index in [4.69, 9.17) is 0 Å². The van der Waals surface area contributed by atoms with Gasteiger partial charge >= 0.3 is 0 Å². The predicted molar refractivity (Wildman–Crippen MR) is 85.4 cm³/mol. The Morgan fingerprint density at radius 3 is 2.45 bits per heavy atom. The number of nitrogens with zero attached hydrogens (tertiary/aromatic N) is 3. The molecule has 0 aromatic carbocycles. The fourth-order valence-electron chi connectivity index (χ4n) is 3.08. The molecule has 0 spiro atoms. The van der Waals surface area contributed by atoms with Gasteiger partial charge in [0.15, 0.2) is 0 Å². The van der Waals surface area contributed by atoms with Crippen molar-refractivity contribution in [1.29, 1.82) is 0 Å². The summed E-state index contributed by atoms with van der Waals surface area (Å²) in [6.45, 7) is 4.41. The van der Waals surface area contributed by atoms with E-state index in [0.29, 0.717) is 6.04 Å². The molecule has 1 N–H and O–H groups in total. The Kier molecular flexibility index (Phi) is 5.21. The molecule has 1 fully saturated rings. The van der Waals surface area contributed by atoms with E-state index in [0.717, 1.165) is 29.8 Å². The molecule has 4 heteroatoms. The third-order valence-corrected chi connectivity index (χ3v) is 4.63. The van der Waals surface area contributed by atoms with E-state index >= 15 is 0 Å². The molecule has 1 saturated carbocycles. The van der Waals surface area contributed by atoms with Gasteiger partial charge in [-0.25, -0.2) is 9.97 Å². The molecule has 0 saturated heterocycles. The van der Waals surface area contributed by atoms with Crippen LogP contribution in [0.1, 0.15) is 51.8 Å². The molecular formula is C16H28N4. The molecule has 0 radical (unpaired) electrons. The lowest BCUT2D eigenvalue weighted by Gasteiger charge is -2.35. The highest BCUT2D eigenvalue weighted by atomic mass is 15.2. The van der Waals surface area contributed by atoms with Crippen LogP contribution < -0.4 is 10.2 Å². The second kappa shape index (κ2) is 6.91. The van der Waals surface area contributed by atoms with Gasteiger partial charge in [-0.05, 0) is 31.6 Å². The van der Waals surface area contributed by atoms with Gasteiger partial charge in [-0.3, -0.25) is 0 Å². The van der Waals surface area contributed by atoms with Gasteiger partial charge < -0.3 is 10.2 Å². The van der Waals surface area contributed by atoms with Crippen LogP contribution in [0.15, 0.2) is 6.07 Å². The van der Waals surface area contributed by atoms with Gasteiger partial charge in [0.2, 0.25) is 0 Å². The largest absolute Gasteiger partial charge is 0.373 e. The first kappa shape index (κ1) is 15.1. The van der Waals surface area contributed by atoms with Crippen LogP contribution in [-0.2, 0) is 6.42 Å². The van der Waals surface area contributed by atoms with Gasteiger partial charge in [0.25, 0.3) is 0 Å². The fourth-order valence-corrected chi connectivity index (χ4v) is 3.08. The molecule has 1 heterocycles. The quantitative estimate of drug-likeness (QED) is 0.894. The van der Waals surface area contributed by atoms with Crippen LogP contribution in [0.5, 0.6) is 0 Å². The Balaban J connectivity index is 2.10. The maximum atomic E-state index is 4.69. The van der Waals surface area contributed by atoms with Crippen molar-refractivity contribution < 1.29 is 0 Å². The van der Waals surface area contributed by atoms with E-state index in [2.05, 4.69) is 47.1 Å². The van der Waals surface area contributed by atoms with Crippen molar-refractivity contribution in [1.82, 2.24) is 9.97 Å². The Hall–Kier alpha value is -1.32. The van der Waals surface area contributed by atoms with Crippen LogP contribution >= 0.6 is 0 Å². The summed E-state index contributed by atoms with van der Waals surface area (Å²) in [5, 5.41) is 3.14. The minimum atomic E-state index is 0.627. The van der Waals surface area contributed by atoms with Gasteiger partial charge in [0, 0.05) is 32.6 Å². The number of hydrogen-bond donors (Lipinski definition) is 1. The monoisotopic (exact) mass is 276 g/mol. The maximum absolute atomic E-state index is 4.69. The van der Waals surface area contributed by atoms with Crippen LogP contribution in [0.25, 0.3) is 0 Å². The van der Waals surface area contributed by atoms with E-state index < -0.39 is 0 Å². The molecule has 4 nitrogen and oxygen atoms in total. The highest BCUT2D eigenvalue weighted by Gasteiger charge is 2.24. The number of rotatable bonds is 5. The molecule has 0 atom stereocenters. The summed E-state index contributed by atoms with van der Waals surface area (Å²) in [6.07, 6.45) is 7.49. The Bertz CT molecular complexity index is 402. The van der Waals surface area contributed by atoms with Gasteiger partial charge in [-0.2, -0.15) is 0 Å². The molecule has 20 heavy (non-hydrogen) atoms. The predicted octanol–water partition coefficient (Wildman–Crippen LogP) is 3.49. The number of hydrogen-bond acceptors (Lipinski definition) is 4. The molecule has 0 aliphatic heterocycles. The first-order valence-corrected chi connectivity index (χ1v) is 7.96. The van der Waals surface area contributed by atoms with Gasteiger partial charge in [0.05, 0.1) is 0 Å². The second-order valence-electron chi connectivity index (χ2n) is 5.82. The van der Waals surface area contributed by atoms with Crippen molar-refractivity contribution in [2.45, 2.75) is 58.4 Å². The molecule has 112 valence electrons. The summed E-state index contributed by atoms with van der Waals surface area (Å²) in [7, 11) is 4.09. The van der Waals surface area contributed by atoms with Crippen LogP contribution in [0.2, 0.25) is 0 Å². The number of aromatic nitrogens is 2. The van der Waals surface area contributed by atoms with E-state index in [1.807, 2.05) is 7.05 Å². The summed E-state index contributed by atoms with van der Waals surface area (Å²) in [5.74, 6) is 3.83. The summed E-state index contributed by atoms with van der Waals surface area (Å²) >= 11 is 0. The van der Waals surface area contributed by atoms with Crippen molar-refractivity contribution in [2.24, 2.45) is 5.92 Å². The third-order valence-electron chi connectivity index (χ3n) is 4.63. The first-order valence-electron chi connectivity index (χ1n) is 7.96. The molecule has 1 aliphatic carbocycles. The first-order chi connectivity index (χ1) is 9.67. The lowest BCUT2D eigenvalue weighted by molar-refractivity contribution is 0.313. The average Bonchev–Trinajstić information content (AvgIpc) is 2.53. The van der Waals surface area contributed by atoms with Crippen LogP contribution in [0.3, 0.4) is 0 Å². The van der Waals surface area contributed by atoms with Crippen LogP contribution in [-0.4, -0.2) is 30.1 Å². The van der Waals surface area contributed by atoms with Crippen molar-refractivity contribution in [3.05, 3.63) is 11.9 Å². The standard InChI is InChI=1S/C16H28N4/c1-5-12-7-9-13(10-8-12)20(4)16-11-15(17-3)18-14(6-2)19-16/h11-13H,5-10H2,1-4H3,(H,17,18,19). The Morgan fingerprint density at radius 1 is 1.20 bits per heavy atom. The summed E-state index contributed by atoms with van der Waals surface area (Å²) in [4.78, 5) is 11.5. The Morgan fingerprint density at radius 2 is 1.90 bits per heavy atom. The second-order valence-corrected chi connectivity index (χ2v) is 5.82. The highest BCUT2D eigenvalue weighted by Crippen LogP contribution is 2.31. The lowest BCUT2D eigenvalue weighted by atomic mass is 9.84. The molecule has 2 rings (SSSR count). The number of aryl methyl sites for hydroxylation is 1. The molecule has 0 unspecified atom stereocenters. The van der Waals surface area contributed by atoms with E-state index in [1.165, 1.54) is 32.1 Å². The zero-order valence-corrected chi connectivity index (χ0v) is 13.3. The van der Waals surface area contributed by atoms with Crippen molar-refractivity contribution in [3.8, 4) is 0 Å². The molecular weight excluding hydrogens is 248 g/mol. The van der Waals surface area contributed by atoms with Crippen LogP contribution in [0.4, 0.5) is 11.6 Å². The van der Waals surface area contributed by atoms with E-state index in [9.17, 15) is 0 Å². The molecule has 1 aliphatic rings. The van der Waals surface area contributed by atoms with Gasteiger partial charge in [-0.1, -0.05) is 20.3 Å². The molecule has 0 bridgehead atoms. The van der Waals surface area contributed by atoms with Crippen molar-refractivity contribution >= 4 is 11.6 Å².